The van der Waals surface area contributed by atoms with E-state index >= 15 is 0 Å². The molecule has 0 aliphatic heterocycles. The van der Waals surface area contributed by atoms with Gasteiger partial charge in [0.1, 0.15) is 5.92 Å². The number of alkyl halides is 6. The van der Waals surface area contributed by atoms with Gasteiger partial charge in [-0.1, -0.05) is 36.4 Å². The van der Waals surface area contributed by atoms with Crippen LogP contribution in [0.15, 0.2) is 48.5 Å². The Kier molecular flexibility index (Phi) is 5.11. The van der Waals surface area contributed by atoms with Gasteiger partial charge in [0, 0.05) is 5.56 Å². The first-order valence-corrected chi connectivity index (χ1v) is 7.04. The van der Waals surface area contributed by atoms with Gasteiger partial charge in [-0.25, -0.2) is 0 Å². The second kappa shape index (κ2) is 6.81. The lowest BCUT2D eigenvalue weighted by Gasteiger charge is -2.20. The van der Waals surface area contributed by atoms with E-state index in [0.717, 1.165) is 12.1 Å². The normalized spacial score (nSPS) is 13.3. The lowest BCUT2D eigenvalue weighted by molar-refractivity contribution is -0.144. The van der Waals surface area contributed by atoms with Crippen molar-refractivity contribution in [1.29, 1.82) is 0 Å². The molecule has 9 heteroatoms. The zero-order valence-corrected chi connectivity index (χ0v) is 12.7. The molecule has 2 aromatic rings. The van der Waals surface area contributed by atoms with E-state index in [1.54, 1.807) is 0 Å². The average molecular weight is 376 g/mol. The zero-order valence-electron chi connectivity index (χ0n) is 12.7. The van der Waals surface area contributed by atoms with Gasteiger partial charge in [0.15, 0.2) is 5.78 Å². The maximum absolute atomic E-state index is 13.2. The number of rotatable bonds is 4. The molecule has 0 saturated carbocycles. The Bertz CT molecular complexity index is 792. The SMILES string of the molecule is O=C(O)C(C(=O)c1c(C(F)(F)F)cccc1C(F)(F)F)c1ccccc1. The van der Waals surface area contributed by atoms with Crippen molar-refractivity contribution in [2.45, 2.75) is 18.3 Å². The topological polar surface area (TPSA) is 54.4 Å². The molecule has 0 saturated heterocycles. The van der Waals surface area contributed by atoms with Crippen LogP contribution in [-0.4, -0.2) is 16.9 Å². The molecule has 1 atom stereocenters. The number of aliphatic carboxylic acids is 1. The fourth-order valence-electron chi connectivity index (χ4n) is 2.49. The summed E-state index contributed by atoms with van der Waals surface area (Å²) < 4.78 is 79.1. The van der Waals surface area contributed by atoms with Gasteiger partial charge in [-0.3, -0.25) is 9.59 Å². The Morgan fingerprint density at radius 1 is 0.769 bits per heavy atom. The van der Waals surface area contributed by atoms with Crippen LogP contribution >= 0.6 is 0 Å². The summed E-state index contributed by atoms with van der Waals surface area (Å²) in [4.78, 5) is 24.0. The van der Waals surface area contributed by atoms with Crippen LogP contribution < -0.4 is 0 Å². The fourth-order valence-corrected chi connectivity index (χ4v) is 2.49. The largest absolute Gasteiger partial charge is 0.480 e. The van der Waals surface area contributed by atoms with Gasteiger partial charge in [0.2, 0.25) is 0 Å². The van der Waals surface area contributed by atoms with Crippen molar-refractivity contribution < 1.29 is 41.0 Å². The molecule has 0 radical (unpaired) electrons. The quantitative estimate of drug-likeness (QED) is 0.475. The minimum Gasteiger partial charge on any atom is -0.480 e. The molecule has 2 rings (SSSR count). The Labute approximate surface area is 142 Å². The monoisotopic (exact) mass is 376 g/mol. The van der Waals surface area contributed by atoms with Gasteiger partial charge in [-0.2, -0.15) is 26.3 Å². The number of hydrogen-bond donors (Lipinski definition) is 1. The summed E-state index contributed by atoms with van der Waals surface area (Å²) >= 11 is 0. The maximum atomic E-state index is 13.2. The highest BCUT2D eigenvalue weighted by Crippen LogP contribution is 2.41. The van der Waals surface area contributed by atoms with Crippen LogP contribution in [0.1, 0.15) is 33.0 Å². The molecule has 0 fully saturated rings. The highest BCUT2D eigenvalue weighted by atomic mass is 19.4. The number of ketones is 1. The number of Topliss-reactive ketones (excluding diaryl/α,β-unsaturated/α-hetero) is 1. The fraction of sp³-hybridized carbons (Fsp3) is 0.176. The van der Waals surface area contributed by atoms with E-state index in [4.69, 9.17) is 0 Å². The molecule has 1 N–H and O–H groups in total. The second-order valence-corrected chi connectivity index (χ2v) is 5.27. The van der Waals surface area contributed by atoms with Crippen molar-refractivity contribution in [3.8, 4) is 0 Å². The highest BCUT2D eigenvalue weighted by Gasteiger charge is 2.45. The molecular weight excluding hydrogens is 366 g/mol. The van der Waals surface area contributed by atoms with E-state index < -0.39 is 46.7 Å². The summed E-state index contributed by atoms with van der Waals surface area (Å²) in [6, 6.07) is 7.51. The van der Waals surface area contributed by atoms with Crippen LogP contribution in [-0.2, 0) is 17.1 Å². The van der Waals surface area contributed by atoms with E-state index in [9.17, 15) is 41.0 Å². The molecule has 0 aromatic heterocycles. The van der Waals surface area contributed by atoms with E-state index in [1.807, 2.05) is 0 Å². The van der Waals surface area contributed by atoms with Gasteiger partial charge in [0.25, 0.3) is 0 Å². The van der Waals surface area contributed by atoms with E-state index in [-0.39, 0.29) is 5.56 Å². The molecule has 2 aromatic carbocycles. The van der Waals surface area contributed by atoms with Crippen molar-refractivity contribution in [3.63, 3.8) is 0 Å². The van der Waals surface area contributed by atoms with Gasteiger partial charge >= 0.3 is 18.3 Å². The van der Waals surface area contributed by atoms with Crippen molar-refractivity contribution in [1.82, 2.24) is 0 Å². The number of hydrogen-bond acceptors (Lipinski definition) is 2. The van der Waals surface area contributed by atoms with Gasteiger partial charge < -0.3 is 5.11 Å². The third-order valence-electron chi connectivity index (χ3n) is 3.56. The van der Waals surface area contributed by atoms with Crippen LogP contribution in [0, 0.1) is 0 Å². The summed E-state index contributed by atoms with van der Waals surface area (Å²) in [5, 5.41) is 9.26. The number of halogens is 6. The molecule has 1 unspecified atom stereocenters. The van der Waals surface area contributed by atoms with Gasteiger partial charge in [-0.05, 0) is 17.7 Å². The third kappa shape index (κ3) is 3.87. The maximum Gasteiger partial charge on any atom is 0.417 e. The first-order valence-electron chi connectivity index (χ1n) is 7.04. The van der Waals surface area contributed by atoms with Gasteiger partial charge in [0.05, 0.1) is 11.1 Å². The first-order chi connectivity index (χ1) is 11.9. The number of carbonyl (C=O) groups is 2. The summed E-state index contributed by atoms with van der Waals surface area (Å²) in [5.41, 5.74) is -5.60. The molecule has 0 aliphatic carbocycles. The summed E-state index contributed by atoms with van der Waals surface area (Å²) in [7, 11) is 0. The summed E-state index contributed by atoms with van der Waals surface area (Å²) in [6.45, 7) is 0. The average Bonchev–Trinajstić information content (AvgIpc) is 2.53. The van der Waals surface area contributed by atoms with Crippen molar-refractivity contribution >= 4 is 11.8 Å². The molecule has 0 bridgehead atoms. The van der Waals surface area contributed by atoms with Crippen molar-refractivity contribution in [2.24, 2.45) is 0 Å². The molecule has 3 nitrogen and oxygen atoms in total. The second-order valence-electron chi connectivity index (χ2n) is 5.27. The Morgan fingerprint density at radius 2 is 1.23 bits per heavy atom. The van der Waals surface area contributed by atoms with Crippen LogP contribution in [0.3, 0.4) is 0 Å². The summed E-state index contributed by atoms with van der Waals surface area (Å²) in [5.74, 6) is -5.85. The molecular formula is C17H10F6O3. The third-order valence-corrected chi connectivity index (χ3v) is 3.56. The standard InChI is InChI=1S/C17H10F6O3/c18-16(19,20)10-7-4-8-11(17(21,22)23)13(10)14(24)12(15(25)26)9-5-2-1-3-6-9/h1-8,12H,(H,25,26). The van der Waals surface area contributed by atoms with Crippen LogP contribution in [0.4, 0.5) is 26.3 Å². The number of carboxylic acid groups (broad SMARTS) is 1. The smallest absolute Gasteiger partial charge is 0.417 e. The lowest BCUT2D eigenvalue weighted by atomic mass is 9.86. The van der Waals surface area contributed by atoms with Crippen LogP contribution in [0.25, 0.3) is 0 Å². The van der Waals surface area contributed by atoms with Gasteiger partial charge in [-0.15, -0.1) is 0 Å². The molecule has 0 amide bonds. The molecule has 138 valence electrons. The van der Waals surface area contributed by atoms with Crippen molar-refractivity contribution in [3.05, 3.63) is 70.8 Å². The minimum atomic E-state index is -5.27. The zero-order chi connectivity index (χ0) is 19.7. The number of benzene rings is 2. The van der Waals surface area contributed by atoms with E-state index in [2.05, 4.69) is 0 Å². The first kappa shape index (κ1) is 19.5. The molecule has 0 heterocycles. The van der Waals surface area contributed by atoms with Crippen LogP contribution in [0.2, 0.25) is 0 Å². The molecule has 0 aliphatic rings. The number of carbonyl (C=O) groups excluding carboxylic acids is 1. The Balaban J connectivity index is 2.76. The van der Waals surface area contributed by atoms with Crippen molar-refractivity contribution in [2.75, 3.05) is 0 Å². The summed E-state index contributed by atoms with van der Waals surface area (Å²) in [6.07, 6.45) is -10.5. The lowest BCUT2D eigenvalue weighted by Crippen LogP contribution is -2.27. The Morgan fingerprint density at radius 3 is 1.62 bits per heavy atom. The predicted octanol–water partition coefficient (Wildman–Crippen LogP) is 4.78. The molecule has 26 heavy (non-hydrogen) atoms. The van der Waals surface area contributed by atoms with Crippen LogP contribution in [0.5, 0.6) is 0 Å². The predicted molar refractivity (Wildman–Crippen MR) is 77.6 cm³/mol. The van der Waals surface area contributed by atoms with E-state index in [0.29, 0.717) is 18.2 Å². The minimum absolute atomic E-state index is 0.227. The van der Waals surface area contributed by atoms with E-state index in [1.165, 1.54) is 18.2 Å². The molecule has 0 spiro atoms. The number of carboxylic acids is 1. The Hall–Kier alpha value is -2.84. The highest BCUT2D eigenvalue weighted by molar-refractivity contribution is 6.14.